The van der Waals surface area contributed by atoms with Gasteiger partial charge < -0.3 is 10.6 Å². The minimum absolute atomic E-state index is 0.0515. The molecule has 0 spiro atoms. The summed E-state index contributed by atoms with van der Waals surface area (Å²) in [5.74, 6) is -0.173. The summed E-state index contributed by atoms with van der Waals surface area (Å²) >= 11 is 1.40. The summed E-state index contributed by atoms with van der Waals surface area (Å²) in [5, 5.41) is 7.59. The van der Waals surface area contributed by atoms with E-state index in [9.17, 15) is 9.59 Å². The number of likely N-dealkylation sites (tertiary alicyclic amines) is 1. The first kappa shape index (κ1) is 20.6. The van der Waals surface area contributed by atoms with Gasteiger partial charge in [0.2, 0.25) is 5.91 Å². The molecule has 6 heteroatoms. The average Bonchev–Trinajstić information content (AvgIpc) is 3.12. The molecule has 1 aromatic heterocycles. The third-order valence-electron chi connectivity index (χ3n) is 4.97. The highest BCUT2D eigenvalue weighted by molar-refractivity contribution is 7.12. The van der Waals surface area contributed by atoms with Crippen molar-refractivity contribution in [3.05, 3.63) is 57.8 Å². The summed E-state index contributed by atoms with van der Waals surface area (Å²) in [7, 11) is 0. The van der Waals surface area contributed by atoms with Crippen molar-refractivity contribution in [3.63, 3.8) is 0 Å². The Morgan fingerprint density at radius 2 is 1.75 bits per heavy atom. The number of carbonyl (C=O) groups is 2. The summed E-state index contributed by atoms with van der Waals surface area (Å²) in [4.78, 5) is 27.1. The Labute approximate surface area is 171 Å². The minimum Gasteiger partial charge on any atom is -0.352 e. The molecular weight excluding hydrogens is 370 g/mol. The summed E-state index contributed by atoms with van der Waals surface area (Å²) in [6.07, 6.45) is 5.55. The van der Waals surface area contributed by atoms with Crippen LogP contribution in [0.1, 0.15) is 52.9 Å². The maximum atomic E-state index is 12.1. The van der Waals surface area contributed by atoms with Crippen LogP contribution >= 0.6 is 11.3 Å². The molecule has 3 rings (SSSR count). The monoisotopic (exact) mass is 399 g/mol. The fourth-order valence-corrected chi connectivity index (χ4v) is 4.10. The van der Waals surface area contributed by atoms with E-state index in [2.05, 4.69) is 33.7 Å². The highest BCUT2D eigenvalue weighted by atomic mass is 32.1. The maximum Gasteiger partial charge on any atom is 0.261 e. The third-order valence-corrected chi connectivity index (χ3v) is 5.84. The van der Waals surface area contributed by atoms with E-state index in [0.29, 0.717) is 18.0 Å². The number of thiophene rings is 1. The zero-order valence-corrected chi connectivity index (χ0v) is 17.1. The van der Waals surface area contributed by atoms with E-state index in [1.54, 1.807) is 6.07 Å². The minimum atomic E-state index is -0.121. The van der Waals surface area contributed by atoms with Gasteiger partial charge in [0, 0.05) is 26.1 Å². The molecule has 1 aliphatic heterocycles. The molecule has 2 amide bonds. The van der Waals surface area contributed by atoms with Crippen molar-refractivity contribution in [2.75, 3.05) is 19.6 Å². The fraction of sp³-hybridized carbons (Fsp3) is 0.455. The van der Waals surface area contributed by atoms with Crippen molar-refractivity contribution in [1.82, 2.24) is 15.5 Å². The molecule has 5 nitrogen and oxygen atoms in total. The molecule has 0 atom stereocenters. The lowest BCUT2D eigenvalue weighted by Gasteiger charge is -2.20. The van der Waals surface area contributed by atoms with Crippen molar-refractivity contribution in [3.8, 4) is 0 Å². The molecule has 1 saturated heterocycles. The van der Waals surface area contributed by atoms with Crippen LogP contribution in [0, 0.1) is 0 Å². The highest BCUT2D eigenvalue weighted by Gasteiger charge is 2.10. The predicted molar refractivity (Wildman–Crippen MR) is 113 cm³/mol. The Balaban J connectivity index is 1.38. The molecule has 1 fully saturated rings. The first-order valence-corrected chi connectivity index (χ1v) is 11.0. The quantitative estimate of drug-likeness (QED) is 0.713. The van der Waals surface area contributed by atoms with Crippen molar-refractivity contribution in [1.29, 1.82) is 0 Å². The fourth-order valence-electron chi connectivity index (χ4n) is 3.46. The van der Waals surface area contributed by atoms with Crippen molar-refractivity contribution >= 4 is 23.2 Å². The van der Waals surface area contributed by atoms with E-state index in [0.717, 1.165) is 12.1 Å². The van der Waals surface area contributed by atoms with Crippen LogP contribution in [-0.4, -0.2) is 36.3 Å². The van der Waals surface area contributed by atoms with Crippen LogP contribution in [0.15, 0.2) is 41.8 Å². The summed E-state index contributed by atoms with van der Waals surface area (Å²) in [6, 6.07) is 12.1. The second kappa shape index (κ2) is 11.0. The lowest BCUT2D eigenvalue weighted by atomic mass is 10.1. The van der Waals surface area contributed by atoms with E-state index in [1.165, 1.54) is 55.7 Å². The standard InChI is InChI=1S/C22H29N3O2S/c26-21(10-11-23-22(27)20-9-6-14-28-20)24-16-18-7-5-8-19(15-18)17-25-12-3-1-2-4-13-25/h5-9,14-15H,1-4,10-13,16-17H2,(H,23,27)(H,24,26). The van der Waals surface area contributed by atoms with E-state index < -0.39 is 0 Å². The van der Waals surface area contributed by atoms with Gasteiger partial charge in [-0.3, -0.25) is 14.5 Å². The predicted octanol–water partition coefficient (Wildman–Crippen LogP) is 3.56. The van der Waals surface area contributed by atoms with E-state index in [4.69, 9.17) is 0 Å². The van der Waals surface area contributed by atoms with Gasteiger partial charge in [0.25, 0.3) is 5.91 Å². The number of amides is 2. The van der Waals surface area contributed by atoms with Crippen LogP contribution in [0.3, 0.4) is 0 Å². The van der Waals surface area contributed by atoms with E-state index in [1.807, 2.05) is 17.5 Å². The Morgan fingerprint density at radius 3 is 2.50 bits per heavy atom. The Bertz CT molecular complexity index is 753. The molecule has 28 heavy (non-hydrogen) atoms. The molecule has 2 aromatic rings. The second-order valence-electron chi connectivity index (χ2n) is 7.27. The smallest absolute Gasteiger partial charge is 0.261 e. The second-order valence-corrected chi connectivity index (χ2v) is 8.22. The van der Waals surface area contributed by atoms with Crippen molar-refractivity contribution < 1.29 is 9.59 Å². The molecule has 2 heterocycles. The van der Waals surface area contributed by atoms with Gasteiger partial charge in [-0.2, -0.15) is 0 Å². The Hall–Kier alpha value is -2.18. The van der Waals surface area contributed by atoms with Crippen molar-refractivity contribution in [2.24, 2.45) is 0 Å². The zero-order chi connectivity index (χ0) is 19.6. The molecule has 1 aromatic carbocycles. The zero-order valence-electron chi connectivity index (χ0n) is 16.3. The summed E-state index contributed by atoms with van der Waals surface area (Å²) < 4.78 is 0. The normalized spacial score (nSPS) is 15.0. The van der Waals surface area contributed by atoms with Gasteiger partial charge in [0.1, 0.15) is 0 Å². The molecule has 150 valence electrons. The number of carbonyl (C=O) groups excluding carboxylic acids is 2. The number of rotatable bonds is 8. The van der Waals surface area contributed by atoms with Gasteiger partial charge in [-0.1, -0.05) is 43.2 Å². The van der Waals surface area contributed by atoms with Crippen LogP contribution < -0.4 is 10.6 Å². The van der Waals surface area contributed by atoms with Gasteiger partial charge >= 0.3 is 0 Å². The van der Waals surface area contributed by atoms with Crippen molar-refractivity contribution in [2.45, 2.75) is 45.2 Å². The van der Waals surface area contributed by atoms with Crippen LogP contribution in [0.4, 0.5) is 0 Å². The first-order valence-electron chi connectivity index (χ1n) is 10.1. The highest BCUT2D eigenvalue weighted by Crippen LogP contribution is 2.14. The topological polar surface area (TPSA) is 61.4 Å². The number of benzene rings is 1. The van der Waals surface area contributed by atoms with E-state index >= 15 is 0 Å². The molecular formula is C22H29N3O2S. The Morgan fingerprint density at radius 1 is 0.964 bits per heavy atom. The number of hydrogen-bond acceptors (Lipinski definition) is 4. The van der Waals surface area contributed by atoms with Gasteiger partial charge in [-0.25, -0.2) is 0 Å². The van der Waals surface area contributed by atoms with Crippen LogP contribution in [0.25, 0.3) is 0 Å². The van der Waals surface area contributed by atoms with Crippen LogP contribution in [-0.2, 0) is 17.9 Å². The third kappa shape index (κ3) is 6.77. The molecule has 0 unspecified atom stereocenters. The van der Waals surface area contributed by atoms with Gasteiger partial charge in [-0.05, 0) is 48.5 Å². The van der Waals surface area contributed by atoms with Gasteiger partial charge in [0.15, 0.2) is 0 Å². The average molecular weight is 400 g/mol. The molecule has 0 aliphatic carbocycles. The first-order chi connectivity index (χ1) is 13.7. The number of nitrogens with zero attached hydrogens (tertiary/aromatic N) is 1. The van der Waals surface area contributed by atoms with Crippen LogP contribution in [0.5, 0.6) is 0 Å². The van der Waals surface area contributed by atoms with Gasteiger partial charge in [0.05, 0.1) is 4.88 Å². The molecule has 1 aliphatic rings. The largest absolute Gasteiger partial charge is 0.352 e. The molecule has 0 saturated carbocycles. The number of nitrogens with one attached hydrogen (secondary N) is 2. The van der Waals surface area contributed by atoms with Crippen LogP contribution in [0.2, 0.25) is 0 Å². The van der Waals surface area contributed by atoms with E-state index in [-0.39, 0.29) is 18.2 Å². The lowest BCUT2D eigenvalue weighted by Crippen LogP contribution is -2.30. The molecule has 0 radical (unpaired) electrons. The SMILES string of the molecule is O=C(CCNC(=O)c1cccs1)NCc1cccc(CN2CCCCCC2)c1. The number of hydrogen-bond donors (Lipinski definition) is 2. The molecule has 0 bridgehead atoms. The lowest BCUT2D eigenvalue weighted by molar-refractivity contribution is -0.121. The Kier molecular flexibility index (Phi) is 8.06. The molecule has 2 N–H and O–H groups in total. The summed E-state index contributed by atoms with van der Waals surface area (Å²) in [6.45, 7) is 4.20. The maximum absolute atomic E-state index is 12.1. The summed E-state index contributed by atoms with van der Waals surface area (Å²) in [5.41, 5.74) is 2.42. The van der Waals surface area contributed by atoms with Gasteiger partial charge in [-0.15, -0.1) is 11.3 Å².